The van der Waals surface area contributed by atoms with Gasteiger partial charge in [0.25, 0.3) is 0 Å². The van der Waals surface area contributed by atoms with Crippen molar-refractivity contribution in [2.24, 2.45) is 7.05 Å². The summed E-state index contributed by atoms with van der Waals surface area (Å²) in [5.74, 6) is -1.20. The number of likely N-dealkylation sites (tertiary alicyclic amines) is 1. The van der Waals surface area contributed by atoms with Gasteiger partial charge in [0.15, 0.2) is 11.6 Å². The maximum absolute atomic E-state index is 13.9. The van der Waals surface area contributed by atoms with Crippen LogP contribution < -0.4 is 10.6 Å². The number of anilines is 1. The first-order valence-corrected chi connectivity index (χ1v) is 12.8. The molecule has 0 radical (unpaired) electrons. The Kier molecular flexibility index (Phi) is 8.25. The number of halogens is 2. The second-order valence-corrected chi connectivity index (χ2v) is 9.71. The van der Waals surface area contributed by atoms with Gasteiger partial charge in [0, 0.05) is 56.6 Å². The number of aryl methyl sites for hydroxylation is 1. The Labute approximate surface area is 208 Å². The Bertz CT molecular complexity index is 1120. The number of rotatable bonds is 8. The highest BCUT2D eigenvalue weighted by molar-refractivity contribution is 8.02. The lowest BCUT2D eigenvalue weighted by Gasteiger charge is -2.20. The van der Waals surface area contributed by atoms with Gasteiger partial charge in [0.1, 0.15) is 5.82 Å². The topological polar surface area (TPSA) is 71.4 Å². The molecular weight excluding hydrogens is 472 g/mol. The normalized spacial score (nSPS) is 22.3. The first-order chi connectivity index (χ1) is 16.9. The van der Waals surface area contributed by atoms with E-state index in [0.717, 1.165) is 18.2 Å². The predicted molar refractivity (Wildman–Crippen MR) is 135 cm³/mol. The minimum Gasteiger partial charge on any atom is -0.383 e. The third-order valence-electron chi connectivity index (χ3n) is 6.52. The van der Waals surface area contributed by atoms with Crippen molar-refractivity contribution in [1.82, 2.24) is 20.0 Å². The van der Waals surface area contributed by atoms with Crippen molar-refractivity contribution in [2.75, 3.05) is 44.9 Å². The van der Waals surface area contributed by atoms with E-state index in [1.807, 2.05) is 6.07 Å². The van der Waals surface area contributed by atoms with Crippen LogP contribution in [0.4, 0.5) is 19.4 Å². The second kappa shape index (κ2) is 11.4. The summed E-state index contributed by atoms with van der Waals surface area (Å²) in [6.45, 7) is 2.41. The fourth-order valence-corrected chi connectivity index (χ4v) is 5.07. The molecule has 4 rings (SSSR count). The largest absolute Gasteiger partial charge is 0.383 e. The van der Waals surface area contributed by atoms with E-state index in [1.165, 1.54) is 11.0 Å². The van der Waals surface area contributed by atoms with Gasteiger partial charge in [-0.15, -0.1) is 11.8 Å². The molecule has 1 aromatic carbocycles. The second-order valence-electron chi connectivity index (χ2n) is 8.83. The molecule has 2 aromatic rings. The number of hydrogen-bond donors (Lipinski definition) is 2. The molecule has 188 valence electrons. The molecule has 0 spiro atoms. The number of amides is 2. The van der Waals surface area contributed by atoms with Crippen LogP contribution in [0, 0.1) is 11.6 Å². The number of carbonyl (C=O) groups is 1. The molecule has 2 aliphatic rings. The van der Waals surface area contributed by atoms with E-state index in [4.69, 9.17) is 4.74 Å². The third kappa shape index (κ3) is 6.12. The minimum absolute atomic E-state index is 0.164. The summed E-state index contributed by atoms with van der Waals surface area (Å²) in [7, 11) is 3.43. The standard InChI is InChI=1S/C25H31F2N5O2S/c1-31-24(13-22(30-31)16-4-7-18(35-3)8-5-16)29-25(33)28-23-15-32(10-11-34-2)14-19(23)17-6-9-20(26)21(27)12-17/h4,6-9,12-13,16,19,23H,5,10-11,14-15H2,1-3H3,(H2,28,29,33)/t16?,19-,23+/m0/s1. The summed E-state index contributed by atoms with van der Waals surface area (Å²) >= 11 is 1.71. The highest BCUT2D eigenvalue weighted by Gasteiger charge is 2.35. The van der Waals surface area contributed by atoms with Gasteiger partial charge in [0.05, 0.1) is 18.3 Å². The zero-order chi connectivity index (χ0) is 24.9. The van der Waals surface area contributed by atoms with Gasteiger partial charge in [-0.1, -0.05) is 24.3 Å². The van der Waals surface area contributed by atoms with E-state index in [2.05, 4.69) is 45.1 Å². The van der Waals surface area contributed by atoms with Crippen molar-refractivity contribution in [3.8, 4) is 0 Å². The molecule has 0 saturated carbocycles. The molecule has 1 fully saturated rings. The Morgan fingerprint density at radius 2 is 2.09 bits per heavy atom. The fourth-order valence-electron chi connectivity index (χ4n) is 4.60. The monoisotopic (exact) mass is 503 g/mol. The Morgan fingerprint density at radius 3 is 2.77 bits per heavy atom. The fraction of sp³-hybridized carbons (Fsp3) is 0.440. The van der Waals surface area contributed by atoms with Crippen molar-refractivity contribution < 1.29 is 18.3 Å². The maximum Gasteiger partial charge on any atom is 0.320 e. The number of ether oxygens (including phenoxy) is 1. The Hall–Kier alpha value is -2.69. The van der Waals surface area contributed by atoms with Gasteiger partial charge in [-0.2, -0.15) is 5.10 Å². The summed E-state index contributed by atoms with van der Waals surface area (Å²) in [5, 5.41) is 10.5. The van der Waals surface area contributed by atoms with E-state index in [1.54, 1.807) is 36.7 Å². The average Bonchev–Trinajstić information content (AvgIpc) is 3.42. The third-order valence-corrected chi connectivity index (χ3v) is 7.29. The maximum atomic E-state index is 13.9. The first-order valence-electron chi connectivity index (χ1n) is 11.6. The number of nitrogens with one attached hydrogen (secondary N) is 2. The first kappa shape index (κ1) is 25.4. The van der Waals surface area contributed by atoms with Gasteiger partial charge in [-0.3, -0.25) is 14.9 Å². The number of benzene rings is 1. The van der Waals surface area contributed by atoms with Crippen LogP contribution in [0.1, 0.15) is 29.5 Å². The molecule has 7 nitrogen and oxygen atoms in total. The van der Waals surface area contributed by atoms with Gasteiger partial charge in [-0.25, -0.2) is 13.6 Å². The Morgan fingerprint density at radius 1 is 1.26 bits per heavy atom. The van der Waals surface area contributed by atoms with Crippen LogP contribution in [-0.4, -0.2) is 66.4 Å². The summed E-state index contributed by atoms with van der Waals surface area (Å²) in [4.78, 5) is 16.3. The number of nitrogens with zero attached hydrogens (tertiary/aromatic N) is 3. The van der Waals surface area contributed by atoms with Gasteiger partial charge in [0.2, 0.25) is 0 Å². The number of aromatic nitrogens is 2. The SMILES string of the molecule is COCCN1C[C@@H](NC(=O)Nc2cc(C3C=CC(SC)=CC3)nn2C)[C@H](c2ccc(F)c(F)c2)C1. The quantitative estimate of drug-likeness (QED) is 0.564. The van der Waals surface area contributed by atoms with E-state index in [-0.39, 0.29) is 23.9 Å². The summed E-state index contributed by atoms with van der Waals surface area (Å²) in [5.41, 5.74) is 1.54. The van der Waals surface area contributed by atoms with E-state index < -0.39 is 11.6 Å². The highest BCUT2D eigenvalue weighted by atomic mass is 32.2. The lowest BCUT2D eigenvalue weighted by molar-refractivity contribution is 0.159. The van der Waals surface area contributed by atoms with Crippen LogP contribution in [0.25, 0.3) is 0 Å². The van der Waals surface area contributed by atoms with Crippen LogP contribution in [0.2, 0.25) is 0 Å². The van der Waals surface area contributed by atoms with Gasteiger partial charge < -0.3 is 10.1 Å². The smallest absolute Gasteiger partial charge is 0.320 e. The lowest BCUT2D eigenvalue weighted by atomic mass is 9.94. The molecule has 3 atom stereocenters. The molecule has 1 aliphatic carbocycles. The number of hydrogen-bond acceptors (Lipinski definition) is 5. The molecule has 2 amide bonds. The molecule has 1 aromatic heterocycles. The van der Waals surface area contributed by atoms with Gasteiger partial charge in [-0.05, 0) is 30.4 Å². The molecule has 35 heavy (non-hydrogen) atoms. The number of allylic oxidation sites excluding steroid dienone is 3. The zero-order valence-electron chi connectivity index (χ0n) is 20.1. The lowest BCUT2D eigenvalue weighted by Crippen LogP contribution is -2.42. The summed E-state index contributed by atoms with van der Waals surface area (Å²) < 4.78 is 34.3. The zero-order valence-corrected chi connectivity index (χ0v) is 20.9. The molecular formula is C25H31F2N5O2S. The Balaban J connectivity index is 1.43. The number of urea groups is 1. The van der Waals surface area contributed by atoms with Crippen LogP contribution >= 0.6 is 11.8 Å². The summed E-state index contributed by atoms with van der Waals surface area (Å²) in [6, 6.07) is 5.17. The predicted octanol–water partition coefficient (Wildman–Crippen LogP) is 4.22. The van der Waals surface area contributed by atoms with Crippen LogP contribution in [0.3, 0.4) is 0 Å². The molecule has 10 heteroatoms. The van der Waals surface area contributed by atoms with E-state index in [0.29, 0.717) is 37.6 Å². The number of thioether (sulfide) groups is 1. The van der Waals surface area contributed by atoms with E-state index >= 15 is 0 Å². The van der Waals surface area contributed by atoms with Crippen molar-refractivity contribution >= 4 is 23.6 Å². The minimum atomic E-state index is -0.889. The number of methoxy groups -OCH3 is 1. The van der Waals surface area contributed by atoms with Crippen molar-refractivity contribution in [3.63, 3.8) is 0 Å². The van der Waals surface area contributed by atoms with Crippen molar-refractivity contribution in [2.45, 2.75) is 24.3 Å². The average molecular weight is 504 g/mol. The highest BCUT2D eigenvalue weighted by Crippen LogP contribution is 2.31. The molecule has 2 heterocycles. The number of carbonyl (C=O) groups excluding carboxylic acids is 1. The molecule has 0 bridgehead atoms. The van der Waals surface area contributed by atoms with Crippen LogP contribution in [0.5, 0.6) is 0 Å². The van der Waals surface area contributed by atoms with Crippen molar-refractivity contribution in [3.05, 3.63) is 70.3 Å². The van der Waals surface area contributed by atoms with Crippen LogP contribution in [0.15, 0.2) is 47.4 Å². The molecule has 1 saturated heterocycles. The summed E-state index contributed by atoms with van der Waals surface area (Å²) in [6.07, 6.45) is 9.34. The van der Waals surface area contributed by atoms with Crippen LogP contribution in [-0.2, 0) is 11.8 Å². The van der Waals surface area contributed by atoms with E-state index in [9.17, 15) is 13.6 Å². The van der Waals surface area contributed by atoms with Gasteiger partial charge >= 0.3 is 6.03 Å². The van der Waals surface area contributed by atoms with Crippen molar-refractivity contribution in [1.29, 1.82) is 0 Å². The molecule has 1 unspecified atom stereocenters. The molecule has 2 N–H and O–H groups in total. The molecule has 1 aliphatic heterocycles.